The molecule has 1 saturated heterocycles. The van der Waals surface area contributed by atoms with Crippen molar-refractivity contribution in [1.82, 2.24) is 15.5 Å². The highest BCUT2D eigenvalue weighted by Crippen LogP contribution is 2.20. The van der Waals surface area contributed by atoms with Crippen LogP contribution in [0.5, 0.6) is 0 Å². The van der Waals surface area contributed by atoms with Crippen molar-refractivity contribution in [3.05, 3.63) is 0 Å². The van der Waals surface area contributed by atoms with Crippen molar-refractivity contribution in [2.24, 2.45) is 28.1 Å². The van der Waals surface area contributed by atoms with Crippen LogP contribution < -0.4 is 27.8 Å². The van der Waals surface area contributed by atoms with Crippen LogP contribution in [0.15, 0.2) is 4.99 Å². The fraction of sp³-hybridized carbons (Fsp3) is 0.727. The van der Waals surface area contributed by atoms with E-state index in [0.29, 0.717) is 19.3 Å². The van der Waals surface area contributed by atoms with Gasteiger partial charge in [0.1, 0.15) is 18.1 Å². The summed E-state index contributed by atoms with van der Waals surface area (Å²) in [4.78, 5) is 66.2. The molecule has 36 heavy (non-hydrogen) atoms. The maximum atomic E-state index is 13.1. The number of amides is 3. The van der Waals surface area contributed by atoms with Gasteiger partial charge in [0.15, 0.2) is 5.96 Å². The predicted octanol–water partition coefficient (Wildman–Crippen LogP) is -1.68. The highest BCUT2D eigenvalue weighted by atomic mass is 16.4. The number of carbonyl (C=O) groups excluding carboxylic acids is 3. The van der Waals surface area contributed by atoms with Crippen molar-refractivity contribution in [3.63, 3.8) is 0 Å². The molecule has 1 heterocycles. The summed E-state index contributed by atoms with van der Waals surface area (Å²) in [6.07, 6.45) is 1.23. The largest absolute Gasteiger partial charge is 0.481 e. The Kier molecular flexibility index (Phi) is 12.6. The fourth-order valence-corrected chi connectivity index (χ4v) is 3.92. The molecule has 0 aromatic carbocycles. The van der Waals surface area contributed by atoms with Gasteiger partial charge in [-0.2, -0.15) is 0 Å². The number of aliphatic imine (C=N–C) groups is 1. The first-order chi connectivity index (χ1) is 16.8. The zero-order valence-corrected chi connectivity index (χ0v) is 20.8. The summed E-state index contributed by atoms with van der Waals surface area (Å²) in [7, 11) is 0. The Hall–Kier alpha value is -3.42. The normalized spacial score (nSPS) is 17.7. The van der Waals surface area contributed by atoms with E-state index in [9.17, 15) is 29.1 Å². The van der Waals surface area contributed by atoms with Gasteiger partial charge in [-0.05, 0) is 44.4 Å². The van der Waals surface area contributed by atoms with Gasteiger partial charge < -0.3 is 42.9 Å². The SMILES string of the molecule is CC(C)CC(NC(=O)C1CCCN1C(=O)C(N)CCC(=O)O)C(=O)NC(CCCN=C(N)N)C(=O)O. The fourth-order valence-electron chi connectivity index (χ4n) is 3.92. The number of likely N-dealkylation sites (tertiary alicyclic amines) is 1. The molecule has 0 aromatic rings. The quantitative estimate of drug-likeness (QED) is 0.0744. The summed E-state index contributed by atoms with van der Waals surface area (Å²) in [5, 5.41) is 23.4. The molecule has 1 aliphatic rings. The number of aliphatic carboxylic acids is 2. The summed E-state index contributed by atoms with van der Waals surface area (Å²) >= 11 is 0. The van der Waals surface area contributed by atoms with E-state index in [1.54, 1.807) is 0 Å². The lowest BCUT2D eigenvalue weighted by Gasteiger charge is -2.29. The first kappa shape index (κ1) is 30.6. The van der Waals surface area contributed by atoms with Gasteiger partial charge >= 0.3 is 11.9 Å². The summed E-state index contributed by atoms with van der Waals surface area (Å²) in [5.41, 5.74) is 16.3. The third-order valence-electron chi connectivity index (χ3n) is 5.72. The van der Waals surface area contributed by atoms with Crippen molar-refractivity contribution in [2.45, 2.75) is 83.0 Å². The third-order valence-corrected chi connectivity index (χ3v) is 5.72. The minimum Gasteiger partial charge on any atom is -0.481 e. The number of carboxylic acid groups (broad SMARTS) is 2. The van der Waals surface area contributed by atoms with Crippen molar-refractivity contribution in [3.8, 4) is 0 Å². The second-order valence-electron chi connectivity index (χ2n) is 9.27. The monoisotopic (exact) mass is 513 g/mol. The minimum atomic E-state index is -1.23. The van der Waals surface area contributed by atoms with E-state index in [1.165, 1.54) is 4.90 Å². The third kappa shape index (κ3) is 10.5. The van der Waals surface area contributed by atoms with Crippen molar-refractivity contribution < 1.29 is 34.2 Å². The van der Waals surface area contributed by atoms with Gasteiger partial charge in [0, 0.05) is 19.5 Å². The second-order valence-corrected chi connectivity index (χ2v) is 9.27. The van der Waals surface area contributed by atoms with E-state index >= 15 is 0 Å². The number of hydrogen-bond acceptors (Lipinski definition) is 7. The molecular formula is C22H39N7O7. The van der Waals surface area contributed by atoms with E-state index in [1.807, 2.05) is 13.8 Å². The molecule has 1 fully saturated rings. The number of hydrogen-bond donors (Lipinski definition) is 7. The predicted molar refractivity (Wildman–Crippen MR) is 130 cm³/mol. The summed E-state index contributed by atoms with van der Waals surface area (Å²) in [6.45, 7) is 4.19. The molecule has 0 bridgehead atoms. The standard InChI is InChI=1S/C22H39N7O7/c1-12(2)11-15(18(32)27-14(21(35)36)5-3-9-26-22(24)25)28-19(33)16-6-4-10-29(16)20(34)13(23)7-8-17(30)31/h12-16H,3-11,23H2,1-2H3,(H,27,32)(H,28,33)(H,30,31)(H,35,36)(H4,24,25,26). The molecular weight excluding hydrogens is 474 g/mol. The second kappa shape index (κ2) is 14.9. The molecule has 4 unspecified atom stereocenters. The van der Waals surface area contributed by atoms with E-state index < -0.39 is 53.8 Å². The lowest BCUT2D eigenvalue weighted by Crippen LogP contribution is -2.56. The van der Waals surface area contributed by atoms with Gasteiger partial charge in [0.25, 0.3) is 0 Å². The zero-order chi connectivity index (χ0) is 27.4. The van der Waals surface area contributed by atoms with Gasteiger partial charge in [-0.1, -0.05) is 13.8 Å². The number of carbonyl (C=O) groups is 5. The molecule has 1 rings (SSSR count). The molecule has 3 amide bonds. The molecule has 0 aliphatic carbocycles. The van der Waals surface area contributed by atoms with Gasteiger partial charge in [-0.25, -0.2) is 4.79 Å². The number of rotatable bonds is 15. The van der Waals surface area contributed by atoms with Crippen LogP contribution in [0, 0.1) is 5.92 Å². The molecule has 0 radical (unpaired) electrons. The number of nitrogens with one attached hydrogen (secondary N) is 2. The molecule has 1 aliphatic heterocycles. The molecule has 10 N–H and O–H groups in total. The molecule has 14 nitrogen and oxygen atoms in total. The van der Waals surface area contributed by atoms with Gasteiger partial charge in [0.05, 0.1) is 6.04 Å². The van der Waals surface area contributed by atoms with Crippen LogP contribution in [0.4, 0.5) is 0 Å². The Balaban J connectivity index is 2.86. The summed E-state index contributed by atoms with van der Waals surface area (Å²) < 4.78 is 0. The Morgan fingerprint density at radius 3 is 2.28 bits per heavy atom. The highest BCUT2D eigenvalue weighted by Gasteiger charge is 2.38. The topological polar surface area (TPSA) is 244 Å². The van der Waals surface area contributed by atoms with Crippen LogP contribution in [-0.4, -0.2) is 88.0 Å². The zero-order valence-electron chi connectivity index (χ0n) is 20.8. The van der Waals surface area contributed by atoms with Crippen LogP contribution in [0.3, 0.4) is 0 Å². The van der Waals surface area contributed by atoms with E-state index in [4.69, 9.17) is 22.3 Å². The Labute approximate surface area is 210 Å². The highest BCUT2D eigenvalue weighted by molar-refractivity contribution is 5.94. The van der Waals surface area contributed by atoms with Crippen LogP contribution in [0.2, 0.25) is 0 Å². The first-order valence-corrected chi connectivity index (χ1v) is 12.0. The van der Waals surface area contributed by atoms with Gasteiger partial charge in [0.2, 0.25) is 17.7 Å². The average molecular weight is 514 g/mol. The molecule has 4 atom stereocenters. The Bertz CT molecular complexity index is 830. The van der Waals surface area contributed by atoms with Crippen LogP contribution in [0.1, 0.15) is 58.8 Å². The number of nitrogens with zero attached hydrogens (tertiary/aromatic N) is 2. The summed E-state index contributed by atoms with van der Waals surface area (Å²) in [5.74, 6) is -4.15. The lowest BCUT2D eigenvalue weighted by molar-refractivity contribution is -0.143. The summed E-state index contributed by atoms with van der Waals surface area (Å²) in [6, 6.07) is -4.13. The van der Waals surface area contributed by atoms with Crippen molar-refractivity contribution >= 4 is 35.6 Å². The van der Waals surface area contributed by atoms with Crippen LogP contribution >= 0.6 is 0 Å². The number of nitrogens with two attached hydrogens (primary N) is 3. The first-order valence-electron chi connectivity index (χ1n) is 12.0. The minimum absolute atomic E-state index is 0.00283. The van der Waals surface area contributed by atoms with Gasteiger partial charge in [-0.3, -0.25) is 24.2 Å². The van der Waals surface area contributed by atoms with Crippen LogP contribution in [-0.2, 0) is 24.0 Å². The van der Waals surface area contributed by atoms with Gasteiger partial charge in [-0.15, -0.1) is 0 Å². The van der Waals surface area contributed by atoms with E-state index in [2.05, 4.69) is 15.6 Å². The Morgan fingerprint density at radius 1 is 1.06 bits per heavy atom. The van der Waals surface area contributed by atoms with Crippen LogP contribution in [0.25, 0.3) is 0 Å². The number of guanidine groups is 1. The number of carboxylic acids is 2. The molecule has 14 heteroatoms. The Morgan fingerprint density at radius 2 is 1.72 bits per heavy atom. The van der Waals surface area contributed by atoms with E-state index in [-0.39, 0.29) is 50.7 Å². The van der Waals surface area contributed by atoms with E-state index in [0.717, 1.165) is 0 Å². The van der Waals surface area contributed by atoms with Crippen molar-refractivity contribution in [2.75, 3.05) is 13.1 Å². The molecule has 0 saturated carbocycles. The molecule has 0 aromatic heterocycles. The maximum absolute atomic E-state index is 13.1. The van der Waals surface area contributed by atoms with Crippen molar-refractivity contribution in [1.29, 1.82) is 0 Å². The smallest absolute Gasteiger partial charge is 0.326 e. The molecule has 0 spiro atoms. The molecule has 204 valence electrons. The lowest BCUT2D eigenvalue weighted by atomic mass is 10.0. The average Bonchev–Trinajstić information content (AvgIpc) is 3.27. The maximum Gasteiger partial charge on any atom is 0.326 e.